The van der Waals surface area contributed by atoms with Crippen LogP contribution in [0.15, 0.2) is 12.3 Å². The third kappa shape index (κ3) is 9.46. The first kappa shape index (κ1) is 11.5. The van der Waals surface area contributed by atoms with E-state index in [1.165, 1.54) is 0 Å². The molecule has 0 aromatic rings. The molecule has 0 fully saturated rings. The molecule has 3 nitrogen and oxygen atoms in total. The predicted octanol–water partition coefficient (Wildman–Crippen LogP) is 1.17. The van der Waals surface area contributed by atoms with E-state index in [1.807, 2.05) is 0 Å². The Hall–Kier alpha value is -0.540. The van der Waals surface area contributed by atoms with E-state index in [0.29, 0.717) is 6.61 Å². The van der Waals surface area contributed by atoms with Crippen LogP contribution in [0.5, 0.6) is 0 Å². The molecule has 0 aliphatic carbocycles. The number of hydrogen-bond donors (Lipinski definition) is 1. The number of ether oxygens (including phenoxy) is 1. The smallest absolute Gasteiger partial charge is 0.111 e. The van der Waals surface area contributed by atoms with E-state index in [1.54, 1.807) is 0 Å². The van der Waals surface area contributed by atoms with Crippen LogP contribution in [0, 0.1) is 0 Å². The van der Waals surface area contributed by atoms with Crippen LogP contribution >= 0.6 is 0 Å². The lowest BCUT2D eigenvalue weighted by Crippen LogP contribution is -2.35. The molecule has 0 saturated heterocycles. The molecule has 72 valence electrons. The average Bonchev–Trinajstić information content (AvgIpc) is 1.83. The van der Waals surface area contributed by atoms with Crippen molar-refractivity contribution in [2.24, 2.45) is 0 Å². The number of quaternary nitrogens is 1. The molecule has 0 saturated carbocycles. The summed E-state index contributed by atoms with van der Waals surface area (Å²) in [6.07, 6.45) is 1.01. The summed E-state index contributed by atoms with van der Waals surface area (Å²) < 4.78 is 6.08. The summed E-state index contributed by atoms with van der Waals surface area (Å²) >= 11 is 0. The maximum atomic E-state index is 8.69. The SMILES string of the molecule is C=C(O)COCCC[N+](C)(C)C. The van der Waals surface area contributed by atoms with Gasteiger partial charge in [-0.15, -0.1) is 0 Å². The van der Waals surface area contributed by atoms with Gasteiger partial charge in [-0.2, -0.15) is 0 Å². The quantitative estimate of drug-likeness (QED) is 0.372. The summed E-state index contributed by atoms with van der Waals surface area (Å²) in [6, 6.07) is 0. The topological polar surface area (TPSA) is 29.5 Å². The minimum absolute atomic E-state index is 0.0975. The Morgan fingerprint density at radius 3 is 2.42 bits per heavy atom. The van der Waals surface area contributed by atoms with Crippen LogP contribution in [-0.4, -0.2) is 50.5 Å². The van der Waals surface area contributed by atoms with Gasteiger partial charge in [0.1, 0.15) is 12.4 Å². The van der Waals surface area contributed by atoms with Crippen molar-refractivity contribution in [3.63, 3.8) is 0 Å². The number of aliphatic hydroxyl groups excluding tert-OH is 1. The Kier molecular flexibility index (Phi) is 4.93. The molecule has 0 amide bonds. The van der Waals surface area contributed by atoms with Gasteiger partial charge in [0.05, 0.1) is 34.3 Å². The maximum Gasteiger partial charge on any atom is 0.111 e. The van der Waals surface area contributed by atoms with E-state index in [4.69, 9.17) is 9.84 Å². The van der Waals surface area contributed by atoms with E-state index in [9.17, 15) is 0 Å². The van der Waals surface area contributed by atoms with Gasteiger partial charge >= 0.3 is 0 Å². The Bertz CT molecular complexity index is 138. The fourth-order valence-electron chi connectivity index (χ4n) is 0.831. The highest BCUT2D eigenvalue weighted by Gasteiger charge is 2.05. The summed E-state index contributed by atoms with van der Waals surface area (Å²) in [7, 11) is 6.43. The molecule has 0 aliphatic heterocycles. The second kappa shape index (κ2) is 5.17. The molecule has 0 aromatic heterocycles. The molecule has 0 unspecified atom stereocenters. The van der Waals surface area contributed by atoms with Crippen molar-refractivity contribution in [2.45, 2.75) is 6.42 Å². The van der Waals surface area contributed by atoms with Crippen molar-refractivity contribution >= 4 is 0 Å². The Morgan fingerprint density at radius 2 is 2.00 bits per heavy atom. The summed E-state index contributed by atoms with van der Waals surface area (Å²) in [5, 5.41) is 8.69. The third-order valence-corrected chi connectivity index (χ3v) is 1.39. The van der Waals surface area contributed by atoms with Crippen LogP contribution in [0.25, 0.3) is 0 Å². The fraction of sp³-hybridized carbons (Fsp3) is 0.778. The minimum Gasteiger partial charge on any atom is -0.510 e. The summed E-state index contributed by atoms with van der Waals surface area (Å²) in [6.45, 7) is 5.36. The molecule has 0 atom stereocenters. The minimum atomic E-state index is 0.0975. The lowest BCUT2D eigenvalue weighted by molar-refractivity contribution is -0.870. The Balaban J connectivity index is 3.17. The highest BCUT2D eigenvalue weighted by molar-refractivity contribution is 4.77. The van der Waals surface area contributed by atoms with Crippen molar-refractivity contribution < 1.29 is 14.3 Å². The van der Waals surface area contributed by atoms with E-state index < -0.39 is 0 Å². The Morgan fingerprint density at radius 1 is 1.42 bits per heavy atom. The van der Waals surface area contributed by atoms with E-state index in [2.05, 4.69) is 27.7 Å². The van der Waals surface area contributed by atoms with E-state index in [-0.39, 0.29) is 12.4 Å². The second-order valence-corrected chi connectivity index (χ2v) is 3.99. The maximum absolute atomic E-state index is 8.69. The van der Waals surface area contributed by atoms with E-state index in [0.717, 1.165) is 17.4 Å². The van der Waals surface area contributed by atoms with Crippen LogP contribution in [-0.2, 0) is 4.74 Å². The van der Waals surface area contributed by atoms with Gasteiger partial charge in [0.2, 0.25) is 0 Å². The van der Waals surface area contributed by atoms with Crippen molar-refractivity contribution in [3.8, 4) is 0 Å². The monoisotopic (exact) mass is 174 g/mol. The van der Waals surface area contributed by atoms with E-state index >= 15 is 0 Å². The standard InChI is InChI=1S/C9H19NO2/c1-9(11)8-12-7-5-6-10(2,3)4/h1,5-8H2,2-4H3/p+1. The molecule has 1 N–H and O–H groups in total. The third-order valence-electron chi connectivity index (χ3n) is 1.39. The van der Waals surface area contributed by atoms with Gasteiger partial charge in [-0.1, -0.05) is 6.58 Å². The van der Waals surface area contributed by atoms with Crippen LogP contribution in [0.3, 0.4) is 0 Å². The first-order chi connectivity index (χ1) is 5.42. The summed E-state index contributed by atoms with van der Waals surface area (Å²) in [4.78, 5) is 0. The molecular weight excluding hydrogens is 154 g/mol. The number of nitrogens with zero attached hydrogens (tertiary/aromatic N) is 1. The fourth-order valence-corrected chi connectivity index (χ4v) is 0.831. The number of hydrogen-bond acceptors (Lipinski definition) is 2. The van der Waals surface area contributed by atoms with Crippen molar-refractivity contribution in [2.75, 3.05) is 40.9 Å². The van der Waals surface area contributed by atoms with Gasteiger partial charge < -0.3 is 14.3 Å². The van der Waals surface area contributed by atoms with Gasteiger partial charge in [-0.05, 0) is 0 Å². The molecule has 0 rings (SSSR count). The van der Waals surface area contributed by atoms with Gasteiger partial charge in [0.15, 0.2) is 0 Å². The lowest BCUT2D eigenvalue weighted by Gasteiger charge is -2.23. The normalized spacial score (nSPS) is 11.6. The molecule has 0 aromatic carbocycles. The Labute approximate surface area is 74.8 Å². The zero-order chi connectivity index (χ0) is 9.61. The average molecular weight is 174 g/mol. The first-order valence-corrected chi connectivity index (χ1v) is 4.17. The van der Waals surface area contributed by atoms with Crippen LogP contribution in [0.1, 0.15) is 6.42 Å². The molecule has 0 spiro atoms. The van der Waals surface area contributed by atoms with Crippen molar-refractivity contribution in [1.82, 2.24) is 0 Å². The molecule has 0 aliphatic rings. The molecule has 0 radical (unpaired) electrons. The van der Waals surface area contributed by atoms with Crippen LogP contribution < -0.4 is 0 Å². The lowest BCUT2D eigenvalue weighted by atomic mass is 10.4. The summed E-state index contributed by atoms with van der Waals surface area (Å²) in [5.41, 5.74) is 0. The van der Waals surface area contributed by atoms with Gasteiger partial charge in [-0.25, -0.2) is 0 Å². The highest BCUT2D eigenvalue weighted by atomic mass is 16.5. The highest BCUT2D eigenvalue weighted by Crippen LogP contribution is 1.94. The van der Waals surface area contributed by atoms with Gasteiger partial charge in [0, 0.05) is 6.42 Å². The van der Waals surface area contributed by atoms with Gasteiger partial charge in [-0.3, -0.25) is 0 Å². The summed E-state index contributed by atoms with van der Waals surface area (Å²) in [5.74, 6) is 0.0975. The number of rotatable bonds is 6. The zero-order valence-electron chi connectivity index (χ0n) is 8.34. The molecule has 0 bridgehead atoms. The van der Waals surface area contributed by atoms with Gasteiger partial charge in [0.25, 0.3) is 0 Å². The predicted molar refractivity (Wildman–Crippen MR) is 50.1 cm³/mol. The first-order valence-electron chi connectivity index (χ1n) is 4.17. The molecule has 0 heterocycles. The second-order valence-electron chi connectivity index (χ2n) is 3.99. The zero-order valence-corrected chi connectivity index (χ0v) is 8.34. The molecule has 3 heteroatoms. The molecule has 12 heavy (non-hydrogen) atoms. The van der Waals surface area contributed by atoms with Crippen molar-refractivity contribution in [3.05, 3.63) is 12.3 Å². The van der Waals surface area contributed by atoms with Crippen molar-refractivity contribution in [1.29, 1.82) is 0 Å². The molecular formula is C9H20NO2+. The largest absolute Gasteiger partial charge is 0.510 e. The number of aliphatic hydroxyl groups is 1. The van der Waals surface area contributed by atoms with Crippen LogP contribution in [0.4, 0.5) is 0 Å². The van der Waals surface area contributed by atoms with Crippen LogP contribution in [0.2, 0.25) is 0 Å².